The van der Waals surface area contributed by atoms with Gasteiger partial charge in [-0.2, -0.15) is 11.8 Å². The lowest BCUT2D eigenvalue weighted by molar-refractivity contribution is 0.0845. The summed E-state index contributed by atoms with van der Waals surface area (Å²) in [5.74, 6) is 1.65. The van der Waals surface area contributed by atoms with E-state index in [1.807, 2.05) is 13.2 Å². The molecule has 6 heteroatoms. The quantitative estimate of drug-likeness (QED) is 0.656. The van der Waals surface area contributed by atoms with Crippen LogP contribution in [0.15, 0.2) is 0 Å². The van der Waals surface area contributed by atoms with Crippen LogP contribution in [0.4, 0.5) is 0 Å². The Kier molecular flexibility index (Phi) is 7.21. The summed E-state index contributed by atoms with van der Waals surface area (Å²) in [4.78, 5) is 7.54. The number of imidazole rings is 1. The van der Waals surface area contributed by atoms with Gasteiger partial charge in [0.05, 0.1) is 11.3 Å². The van der Waals surface area contributed by atoms with Gasteiger partial charge >= 0.3 is 0 Å². The fourth-order valence-corrected chi connectivity index (χ4v) is 2.78. The topological polar surface area (TPSA) is 60.9 Å². The maximum Gasteiger partial charge on any atom is 0.151 e. The standard InChI is InChI=1S/C13H24ClN3OS/c1-4-5-6-11-16-10(12(14)17-11)7-15-8-13(2,18)9-19-3/h15,18H,4-9H2,1-3H3,(H,16,17). The van der Waals surface area contributed by atoms with E-state index in [4.69, 9.17) is 11.6 Å². The summed E-state index contributed by atoms with van der Waals surface area (Å²) in [5.41, 5.74) is 0.199. The van der Waals surface area contributed by atoms with Crippen molar-refractivity contribution in [3.63, 3.8) is 0 Å². The van der Waals surface area contributed by atoms with Crippen LogP contribution in [-0.2, 0) is 13.0 Å². The van der Waals surface area contributed by atoms with Crippen molar-refractivity contribution in [2.45, 2.75) is 45.3 Å². The first-order valence-electron chi connectivity index (χ1n) is 6.64. The molecule has 110 valence electrons. The van der Waals surface area contributed by atoms with E-state index in [0.717, 1.165) is 30.8 Å². The number of aromatic amines is 1. The lowest BCUT2D eigenvalue weighted by atomic mass is 10.1. The normalized spacial score (nSPS) is 14.6. The first-order chi connectivity index (χ1) is 8.98. The van der Waals surface area contributed by atoms with E-state index in [-0.39, 0.29) is 0 Å². The average Bonchev–Trinajstić information content (AvgIpc) is 2.67. The van der Waals surface area contributed by atoms with E-state index in [1.54, 1.807) is 11.8 Å². The third kappa shape index (κ3) is 6.17. The molecule has 1 unspecified atom stereocenters. The van der Waals surface area contributed by atoms with Gasteiger partial charge in [0, 0.05) is 25.3 Å². The highest BCUT2D eigenvalue weighted by atomic mass is 35.5. The summed E-state index contributed by atoms with van der Waals surface area (Å²) in [5, 5.41) is 13.8. The van der Waals surface area contributed by atoms with Crippen LogP contribution >= 0.6 is 23.4 Å². The molecule has 3 N–H and O–H groups in total. The second-order valence-electron chi connectivity index (χ2n) is 5.09. The van der Waals surface area contributed by atoms with Gasteiger partial charge in [-0.25, -0.2) is 4.98 Å². The van der Waals surface area contributed by atoms with E-state index >= 15 is 0 Å². The highest BCUT2D eigenvalue weighted by molar-refractivity contribution is 7.98. The number of rotatable bonds is 9. The van der Waals surface area contributed by atoms with Crippen LogP contribution in [0.3, 0.4) is 0 Å². The van der Waals surface area contributed by atoms with E-state index in [9.17, 15) is 5.11 Å². The number of halogens is 1. The summed E-state index contributed by atoms with van der Waals surface area (Å²) in [6.07, 6.45) is 5.17. The molecular weight excluding hydrogens is 282 g/mol. The Labute approximate surface area is 124 Å². The van der Waals surface area contributed by atoms with E-state index in [1.165, 1.54) is 0 Å². The van der Waals surface area contributed by atoms with Crippen molar-refractivity contribution >= 4 is 23.4 Å². The van der Waals surface area contributed by atoms with Gasteiger partial charge in [-0.1, -0.05) is 24.9 Å². The maximum atomic E-state index is 10.0. The van der Waals surface area contributed by atoms with Crippen molar-refractivity contribution in [1.82, 2.24) is 15.3 Å². The Morgan fingerprint density at radius 2 is 2.26 bits per heavy atom. The Hall–Kier alpha value is -0.230. The van der Waals surface area contributed by atoms with Crippen molar-refractivity contribution in [3.8, 4) is 0 Å². The molecule has 1 aromatic rings. The zero-order valence-corrected chi connectivity index (χ0v) is 13.5. The van der Waals surface area contributed by atoms with Crippen molar-refractivity contribution in [2.75, 3.05) is 18.6 Å². The van der Waals surface area contributed by atoms with Crippen LogP contribution in [0.2, 0.25) is 5.15 Å². The SMILES string of the molecule is CCCCc1nc(Cl)c(CNCC(C)(O)CSC)[nH]1. The molecule has 0 radical (unpaired) electrons. The zero-order chi connectivity index (χ0) is 14.3. The molecule has 1 atom stereocenters. The average molecular weight is 306 g/mol. The molecule has 0 aromatic carbocycles. The molecule has 0 fully saturated rings. The fourth-order valence-electron chi connectivity index (χ4n) is 1.84. The molecule has 0 spiro atoms. The minimum atomic E-state index is -0.697. The third-order valence-corrected chi connectivity index (χ3v) is 4.03. The lowest BCUT2D eigenvalue weighted by Gasteiger charge is -2.22. The number of H-pyrrole nitrogens is 1. The fraction of sp³-hybridized carbons (Fsp3) is 0.769. The van der Waals surface area contributed by atoms with Gasteiger partial charge < -0.3 is 15.4 Å². The number of aromatic nitrogens is 2. The molecule has 1 aromatic heterocycles. The monoisotopic (exact) mass is 305 g/mol. The Morgan fingerprint density at radius 1 is 1.53 bits per heavy atom. The molecule has 0 bridgehead atoms. The van der Waals surface area contributed by atoms with Gasteiger partial charge in [-0.3, -0.25) is 0 Å². The minimum Gasteiger partial charge on any atom is -0.388 e. The van der Waals surface area contributed by atoms with E-state index in [2.05, 4.69) is 22.2 Å². The van der Waals surface area contributed by atoms with Crippen LogP contribution in [0.5, 0.6) is 0 Å². The number of hydrogen-bond acceptors (Lipinski definition) is 4. The smallest absolute Gasteiger partial charge is 0.151 e. The number of unbranched alkanes of at least 4 members (excludes halogenated alkanes) is 1. The first-order valence-corrected chi connectivity index (χ1v) is 8.41. The Morgan fingerprint density at radius 3 is 2.89 bits per heavy atom. The van der Waals surface area contributed by atoms with Crippen molar-refractivity contribution in [3.05, 3.63) is 16.7 Å². The van der Waals surface area contributed by atoms with Crippen LogP contribution in [0.25, 0.3) is 0 Å². The predicted octanol–water partition coefficient (Wildman–Crippen LogP) is 2.61. The molecule has 0 saturated heterocycles. The first kappa shape index (κ1) is 16.8. The van der Waals surface area contributed by atoms with Crippen molar-refractivity contribution in [2.24, 2.45) is 0 Å². The van der Waals surface area contributed by atoms with E-state index < -0.39 is 5.60 Å². The molecular formula is C13H24ClN3OS. The lowest BCUT2D eigenvalue weighted by Crippen LogP contribution is -2.39. The van der Waals surface area contributed by atoms with Crippen LogP contribution < -0.4 is 5.32 Å². The second kappa shape index (κ2) is 8.15. The number of hydrogen-bond donors (Lipinski definition) is 3. The summed E-state index contributed by atoms with van der Waals surface area (Å²) >= 11 is 7.72. The summed E-state index contributed by atoms with van der Waals surface area (Å²) in [6, 6.07) is 0. The third-order valence-electron chi connectivity index (χ3n) is 2.81. The Bertz CT molecular complexity index is 382. The molecule has 0 aliphatic rings. The number of nitrogens with zero attached hydrogens (tertiary/aromatic N) is 1. The Balaban J connectivity index is 2.42. The number of aliphatic hydroxyl groups is 1. The summed E-state index contributed by atoms with van der Waals surface area (Å²) < 4.78 is 0. The minimum absolute atomic E-state index is 0.531. The van der Waals surface area contributed by atoms with Crippen LogP contribution in [-0.4, -0.2) is 39.2 Å². The molecule has 1 rings (SSSR count). The molecule has 0 amide bonds. The van der Waals surface area contributed by atoms with Gasteiger partial charge in [0.15, 0.2) is 5.15 Å². The largest absolute Gasteiger partial charge is 0.388 e. The predicted molar refractivity (Wildman–Crippen MR) is 82.9 cm³/mol. The number of thioether (sulfide) groups is 1. The van der Waals surface area contributed by atoms with Crippen LogP contribution in [0.1, 0.15) is 38.2 Å². The van der Waals surface area contributed by atoms with Gasteiger partial charge in [0.1, 0.15) is 5.82 Å². The molecule has 0 aliphatic heterocycles. The number of aryl methyl sites for hydroxylation is 1. The zero-order valence-electron chi connectivity index (χ0n) is 11.9. The van der Waals surface area contributed by atoms with Gasteiger partial charge in [-0.15, -0.1) is 0 Å². The van der Waals surface area contributed by atoms with Gasteiger partial charge in [0.2, 0.25) is 0 Å². The highest BCUT2D eigenvalue weighted by Crippen LogP contribution is 2.15. The maximum absolute atomic E-state index is 10.0. The summed E-state index contributed by atoms with van der Waals surface area (Å²) in [6.45, 7) is 5.12. The highest BCUT2D eigenvalue weighted by Gasteiger charge is 2.19. The van der Waals surface area contributed by atoms with Crippen molar-refractivity contribution < 1.29 is 5.11 Å². The molecule has 19 heavy (non-hydrogen) atoms. The number of nitrogens with one attached hydrogen (secondary N) is 2. The van der Waals surface area contributed by atoms with Crippen LogP contribution in [0, 0.1) is 0 Å². The second-order valence-corrected chi connectivity index (χ2v) is 6.31. The van der Waals surface area contributed by atoms with Crippen molar-refractivity contribution in [1.29, 1.82) is 0 Å². The molecule has 1 heterocycles. The van der Waals surface area contributed by atoms with Gasteiger partial charge in [0.25, 0.3) is 0 Å². The van der Waals surface area contributed by atoms with E-state index in [0.29, 0.717) is 24.0 Å². The summed E-state index contributed by atoms with van der Waals surface area (Å²) in [7, 11) is 0. The molecule has 0 aliphatic carbocycles. The molecule has 4 nitrogen and oxygen atoms in total. The van der Waals surface area contributed by atoms with Gasteiger partial charge in [-0.05, 0) is 19.6 Å². The molecule has 0 saturated carbocycles.